The van der Waals surface area contributed by atoms with Crippen molar-refractivity contribution in [2.24, 2.45) is 0 Å². The fourth-order valence-electron chi connectivity index (χ4n) is 3.63. The average Bonchev–Trinajstić information content (AvgIpc) is 3.08. The molecule has 0 spiro atoms. The maximum absolute atomic E-state index is 12.6. The van der Waals surface area contributed by atoms with Gasteiger partial charge in [-0.15, -0.1) is 0 Å². The molecule has 1 aliphatic carbocycles. The largest absolute Gasteiger partial charge is 0.486 e. The van der Waals surface area contributed by atoms with E-state index in [0.717, 1.165) is 35.4 Å². The minimum Gasteiger partial charge on any atom is -0.486 e. The van der Waals surface area contributed by atoms with Crippen LogP contribution in [0, 0.1) is 0 Å². The maximum atomic E-state index is 12.6. The zero-order valence-electron chi connectivity index (χ0n) is 13.0. The number of hydrogen-bond donors (Lipinski definition) is 1. The highest BCUT2D eigenvalue weighted by atomic mass is 16.6. The van der Waals surface area contributed by atoms with Gasteiger partial charge in [0.15, 0.2) is 17.3 Å². The van der Waals surface area contributed by atoms with Crippen molar-refractivity contribution in [3.05, 3.63) is 41.4 Å². The number of aromatic nitrogens is 3. The lowest BCUT2D eigenvalue weighted by Crippen LogP contribution is -2.31. The molecule has 2 aliphatic heterocycles. The van der Waals surface area contributed by atoms with E-state index >= 15 is 0 Å². The number of hydrogen-bond acceptors (Lipinski definition) is 6. The summed E-state index contributed by atoms with van der Waals surface area (Å²) >= 11 is 0. The lowest BCUT2D eigenvalue weighted by molar-refractivity contribution is -0.116. The Morgan fingerprint density at radius 3 is 2.96 bits per heavy atom. The van der Waals surface area contributed by atoms with Gasteiger partial charge in [-0.2, -0.15) is 10.1 Å². The predicted octanol–water partition coefficient (Wildman–Crippen LogP) is 2.07. The molecule has 0 radical (unpaired) electrons. The van der Waals surface area contributed by atoms with Gasteiger partial charge in [-0.3, -0.25) is 4.79 Å². The number of nitrogens with one attached hydrogen (secondary N) is 1. The van der Waals surface area contributed by atoms with Crippen molar-refractivity contribution in [2.75, 3.05) is 18.5 Å². The first-order valence-corrected chi connectivity index (χ1v) is 8.13. The van der Waals surface area contributed by atoms with Crippen molar-refractivity contribution >= 4 is 11.7 Å². The highest BCUT2D eigenvalue weighted by molar-refractivity contribution is 5.99. The number of fused-ring (bicyclic) bond motifs is 2. The first kappa shape index (κ1) is 13.6. The smallest absolute Gasteiger partial charge is 0.226 e. The highest BCUT2D eigenvalue weighted by Gasteiger charge is 2.36. The third-order valence-electron chi connectivity index (χ3n) is 4.69. The SMILES string of the molecule is O=C1CCCC2=C1[C@H](c1ccc3c(c1)OCCO3)n1ncnc1N2. The molecule has 3 heterocycles. The normalized spacial score (nSPS) is 21.8. The second kappa shape index (κ2) is 5.09. The summed E-state index contributed by atoms with van der Waals surface area (Å²) in [6.07, 6.45) is 3.81. The first-order valence-electron chi connectivity index (χ1n) is 8.13. The molecule has 7 nitrogen and oxygen atoms in total. The lowest BCUT2D eigenvalue weighted by Gasteiger charge is -2.32. The molecule has 0 fully saturated rings. The monoisotopic (exact) mass is 324 g/mol. The van der Waals surface area contributed by atoms with E-state index in [2.05, 4.69) is 15.4 Å². The van der Waals surface area contributed by atoms with Crippen LogP contribution >= 0.6 is 0 Å². The Morgan fingerprint density at radius 1 is 1.17 bits per heavy atom. The Labute approximate surface area is 138 Å². The van der Waals surface area contributed by atoms with Gasteiger partial charge in [0.05, 0.1) is 0 Å². The van der Waals surface area contributed by atoms with Crippen molar-refractivity contribution in [2.45, 2.75) is 25.3 Å². The van der Waals surface area contributed by atoms with Gasteiger partial charge in [0.25, 0.3) is 0 Å². The second-order valence-corrected chi connectivity index (χ2v) is 6.13. The van der Waals surface area contributed by atoms with E-state index in [1.54, 1.807) is 4.68 Å². The minimum atomic E-state index is -0.276. The Kier molecular flexibility index (Phi) is 2.88. The Morgan fingerprint density at radius 2 is 2.04 bits per heavy atom. The fraction of sp³-hybridized carbons (Fsp3) is 0.353. The molecule has 7 heteroatoms. The highest BCUT2D eigenvalue weighted by Crippen LogP contribution is 2.42. The summed E-state index contributed by atoms with van der Waals surface area (Å²) in [6.45, 7) is 1.09. The first-order chi connectivity index (χ1) is 11.8. The van der Waals surface area contributed by atoms with Gasteiger partial charge in [0.1, 0.15) is 25.6 Å². The third-order valence-corrected chi connectivity index (χ3v) is 4.69. The zero-order chi connectivity index (χ0) is 16.1. The van der Waals surface area contributed by atoms with Gasteiger partial charge in [-0.1, -0.05) is 6.07 Å². The quantitative estimate of drug-likeness (QED) is 0.865. The number of anilines is 1. The summed E-state index contributed by atoms with van der Waals surface area (Å²) in [4.78, 5) is 16.9. The van der Waals surface area contributed by atoms with Gasteiger partial charge in [-0.05, 0) is 30.5 Å². The van der Waals surface area contributed by atoms with E-state index in [1.165, 1.54) is 6.33 Å². The fourth-order valence-corrected chi connectivity index (χ4v) is 3.63. The van der Waals surface area contributed by atoms with Crippen LogP contribution < -0.4 is 14.8 Å². The van der Waals surface area contributed by atoms with E-state index in [-0.39, 0.29) is 11.8 Å². The molecule has 0 saturated carbocycles. The van der Waals surface area contributed by atoms with E-state index < -0.39 is 0 Å². The van der Waals surface area contributed by atoms with E-state index in [1.807, 2.05) is 18.2 Å². The average molecular weight is 324 g/mol. The molecule has 1 atom stereocenters. The Balaban J connectivity index is 1.67. The van der Waals surface area contributed by atoms with Gasteiger partial charge in [-0.25, -0.2) is 4.68 Å². The summed E-state index contributed by atoms with van der Waals surface area (Å²) in [6, 6.07) is 5.54. The molecule has 122 valence electrons. The van der Waals surface area contributed by atoms with Crippen LogP contribution in [0.1, 0.15) is 30.9 Å². The number of ether oxygens (including phenoxy) is 2. The van der Waals surface area contributed by atoms with Crippen LogP contribution in [0.4, 0.5) is 5.95 Å². The van der Waals surface area contributed by atoms with Crippen molar-refractivity contribution in [1.29, 1.82) is 0 Å². The number of rotatable bonds is 1. The molecule has 0 bridgehead atoms. The number of allylic oxidation sites excluding steroid dienone is 2. The zero-order valence-corrected chi connectivity index (χ0v) is 13.0. The molecule has 0 amide bonds. The van der Waals surface area contributed by atoms with Crippen LogP contribution in [0.2, 0.25) is 0 Å². The number of nitrogens with zero attached hydrogens (tertiary/aromatic N) is 3. The lowest BCUT2D eigenvalue weighted by atomic mass is 9.85. The minimum absolute atomic E-state index is 0.171. The summed E-state index contributed by atoms with van der Waals surface area (Å²) < 4.78 is 13.1. The topological polar surface area (TPSA) is 78.3 Å². The summed E-state index contributed by atoms with van der Waals surface area (Å²) in [5, 5.41) is 7.60. The van der Waals surface area contributed by atoms with E-state index in [4.69, 9.17) is 9.47 Å². The van der Waals surface area contributed by atoms with Crippen LogP contribution in [0.25, 0.3) is 0 Å². The molecule has 1 aromatic carbocycles. The van der Waals surface area contributed by atoms with Crippen LogP contribution in [-0.4, -0.2) is 33.8 Å². The Bertz CT molecular complexity index is 870. The molecule has 0 unspecified atom stereocenters. The molecule has 1 aromatic heterocycles. The number of Topliss-reactive ketones (excluding diaryl/α,β-unsaturated/α-hetero) is 1. The van der Waals surface area contributed by atoms with Gasteiger partial charge in [0.2, 0.25) is 5.95 Å². The molecule has 0 saturated heterocycles. The van der Waals surface area contributed by atoms with E-state index in [9.17, 15) is 4.79 Å². The van der Waals surface area contributed by atoms with Gasteiger partial charge in [0, 0.05) is 17.7 Å². The number of carbonyl (C=O) groups is 1. The van der Waals surface area contributed by atoms with Crippen molar-refractivity contribution in [3.63, 3.8) is 0 Å². The van der Waals surface area contributed by atoms with Crippen molar-refractivity contribution in [3.8, 4) is 11.5 Å². The second-order valence-electron chi connectivity index (χ2n) is 6.13. The summed E-state index contributed by atoms with van der Waals surface area (Å²) in [7, 11) is 0. The van der Waals surface area contributed by atoms with Crippen LogP contribution in [0.5, 0.6) is 11.5 Å². The standard InChI is InChI=1S/C17H16N4O3/c22-12-3-1-2-11-15(12)16(21-17(20-11)18-9-19-21)10-4-5-13-14(8-10)24-7-6-23-13/h4-5,8-9,16H,1-3,6-7H2,(H,18,19,20)/t16-/m0/s1. The molecular weight excluding hydrogens is 308 g/mol. The molecule has 24 heavy (non-hydrogen) atoms. The summed E-state index contributed by atoms with van der Waals surface area (Å²) in [5.41, 5.74) is 2.71. The summed E-state index contributed by atoms with van der Waals surface area (Å²) in [5.74, 6) is 2.29. The van der Waals surface area contributed by atoms with Crippen molar-refractivity contribution < 1.29 is 14.3 Å². The predicted molar refractivity (Wildman–Crippen MR) is 85.1 cm³/mol. The van der Waals surface area contributed by atoms with Gasteiger partial charge >= 0.3 is 0 Å². The van der Waals surface area contributed by atoms with Crippen LogP contribution in [0.3, 0.4) is 0 Å². The van der Waals surface area contributed by atoms with Crippen LogP contribution in [0.15, 0.2) is 35.8 Å². The van der Waals surface area contributed by atoms with Crippen molar-refractivity contribution in [1.82, 2.24) is 14.8 Å². The molecule has 2 aromatic rings. The third kappa shape index (κ3) is 1.94. The molecule has 1 N–H and O–H groups in total. The van der Waals surface area contributed by atoms with E-state index in [0.29, 0.717) is 31.3 Å². The maximum Gasteiger partial charge on any atom is 0.226 e. The Hall–Kier alpha value is -2.83. The number of carbonyl (C=O) groups excluding carboxylic acids is 1. The molecule has 3 aliphatic rings. The molecule has 5 rings (SSSR count). The number of benzene rings is 1. The van der Waals surface area contributed by atoms with Crippen LogP contribution in [-0.2, 0) is 4.79 Å². The number of ketones is 1. The molecular formula is C17H16N4O3. The van der Waals surface area contributed by atoms with Gasteiger partial charge < -0.3 is 14.8 Å².